The Morgan fingerprint density at radius 2 is 0.950 bits per heavy atom. The molecule has 2 rings (SSSR count). The Labute approximate surface area is 131 Å². The summed E-state index contributed by atoms with van der Waals surface area (Å²) in [6.45, 7) is 0. The van der Waals surface area contributed by atoms with Gasteiger partial charge in [0.2, 0.25) is 0 Å². The average molecular weight is 400 g/mol. The quantitative estimate of drug-likeness (QED) is 0.562. The van der Waals surface area contributed by atoms with Gasteiger partial charge in [0.1, 0.15) is 0 Å². The lowest BCUT2D eigenvalue weighted by Gasteiger charge is -2.03. The van der Waals surface area contributed by atoms with E-state index in [-0.39, 0.29) is 11.1 Å². The average Bonchev–Trinajstić information content (AvgIpc) is 2.46. The molecule has 0 aliphatic heterocycles. The Bertz CT molecular complexity index is 563. The molecule has 2 aromatic rings. The van der Waals surface area contributed by atoms with Gasteiger partial charge in [-0.3, -0.25) is 0 Å². The number of rotatable bonds is 2. The number of halogens is 2. The van der Waals surface area contributed by atoms with E-state index in [4.69, 9.17) is 0 Å². The van der Waals surface area contributed by atoms with Gasteiger partial charge in [-0.25, -0.2) is 19.4 Å². The summed E-state index contributed by atoms with van der Waals surface area (Å²) in [4.78, 5) is 32.2. The van der Waals surface area contributed by atoms with Gasteiger partial charge >= 0.3 is 11.9 Å². The summed E-state index contributed by atoms with van der Waals surface area (Å²) in [5.41, 5.74) is 0.577. The fraction of sp³-hybridized carbons (Fsp3) is 0. The van der Waals surface area contributed by atoms with Crippen LogP contribution in [0.15, 0.2) is 57.5 Å². The highest BCUT2D eigenvalue weighted by Gasteiger charge is 2.13. The van der Waals surface area contributed by atoms with Gasteiger partial charge in [0, 0.05) is 8.95 Å². The number of hydrogen-bond acceptors (Lipinski definition) is 4. The second-order valence-corrected chi connectivity index (χ2v) is 5.59. The molecule has 20 heavy (non-hydrogen) atoms. The van der Waals surface area contributed by atoms with E-state index in [1.807, 2.05) is 0 Å². The molecular weight excluding hydrogens is 392 g/mol. The van der Waals surface area contributed by atoms with E-state index in [2.05, 4.69) is 41.6 Å². The molecule has 0 saturated carbocycles. The molecule has 0 N–H and O–H groups in total. The highest BCUT2D eigenvalue weighted by Crippen LogP contribution is 2.13. The molecule has 0 radical (unpaired) electrons. The van der Waals surface area contributed by atoms with Crippen molar-refractivity contribution < 1.29 is 19.4 Å². The van der Waals surface area contributed by atoms with Crippen molar-refractivity contribution in [3.05, 3.63) is 68.6 Å². The molecule has 0 saturated heterocycles. The molecule has 0 bridgehead atoms. The number of carbonyl (C=O) groups is 2. The topological polar surface area (TPSA) is 52.6 Å². The van der Waals surface area contributed by atoms with E-state index < -0.39 is 11.9 Å². The van der Waals surface area contributed by atoms with Gasteiger partial charge in [0.15, 0.2) is 0 Å². The predicted octanol–water partition coefficient (Wildman–Crippen LogP) is 4.14. The Kier molecular flexibility index (Phi) is 4.92. The van der Waals surface area contributed by atoms with Crippen molar-refractivity contribution in [2.45, 2.75) is 0 Å². The summed E-state index contributed by atoms with van der Waals surface area (Å²) in [5, 5.41) is 0. The molecule has 2 aromatic carbocycles. The van der Waals surface area contributed by atoms with Crippen LogP contribution in [0.25, 0.3) is 0 Å². The Morgan fingerprint density at radius 1 is 0.650 bits per heavy atom. The van der Waals surface area contributed by atoms with Crippen molar-refractivity contribution in [2.24, 2.45) is 0 Å². The van der Waals surface area contributed by atoms with E-state index >= 15 is 0 Å². The number of hydrogen-bond donors (Lipinski definition) is 0. The minimum Gasteiger partial charge on any atom is -0.242 e. The summed E-state index contributed by atoms with van der Waals surface area (Å²) < 4.78 is 1.67. The normalized spacial score (nSPS) is 9.90. The van der Waals surface area contributed by atoms with E-state index in [0.717, 1.165) is 8.95 Å². The zero-order valence-corrected chi connectivity index (χ0v) is 13.2. The molecule has 0 fully saturated rings. The van der Waals surface area contributed by atoms with Crippen molar-refractivity contribution >= 4 is 43.8 Å². The van der Waals surface area contributed by atoms with Crippen LogP contribution >= 0.6 is 31.9 Å². The van der Waals surface area contributed by atoms with Gasteiger partial charge in [-0.2, -0.15) is 0 Å². The molecule has 0 atom stereocenters. The van der Waals surface area contributed by atoms with E-state index in [1.54, 1.807) is 48.5 Å². The highest BCUT2D eigenvalue weighted by molar-refractivity contribution is 9.10. The van der Waals surface area contributed by atoms with Crippen molar-refractivity contribution in [1.29, 1.82) is 0 Å². The minimum absolute atomic E-state index is 0.289. The third-order valence-electron chi connectivity index (χ3n) is 2.35. The molecule has 0 aromatic heterocycles. The monoisotopic (exact) mass is 398 g/mol. The molecule has 0 spiro atoms. The van der Waals surface area contributed by atoms with Crippen LogP contribution in [-0.4, -0.2) is 11.9 Å². The molecule has 0 aliphatic rings. The summed E-state index contributed by atoms with van der Waals surface area (Å²) in [5.74, 6) is -1.47. The second kappa shape index (κ2) is 6.67. The molecule has 0 heterocycles. The first kappa shape index (κ1) is 14.7. The second-order valence-electron chi connectivity index (χ2n) is 3.76. The standard InChI is InChI=1S/C14H8Br2O4/c15-11-5-1-9(2-6-11)13(17)19-20-14(18)10-3-7-12(16)8-4-10/h1-8H. The van der Waals surface area contributed by atoms with Gasteiger partial charge in [0.25, 0.3) is 0 Å². The van der Waals surface area contributed by atoms with Crippen molar-refractivity contribution in [3.63, 3.8) is 0 Å². The fourth-order valence-corrected chi connectivity index (χ4v) is 1.87. The van der Waals surface area contributed by atoms with Gasteiger partial charge in [-0.05, 0) is 48.5 Å². The van der Waals surface area contributed by atoms with Gasteiger partial charge in [-0.1, -0.05) is 31.9 Å². The summed E-state index contributed by atoms with van der Waals surface area (Å²) >= 11 is 6.50. The molecule has 0 aliphatic carbocycles. The lowest BCUT2D eigenvalue weighted by Crippen LogP contribution is -2.11. The smallest absolute Gasteiger partial charge is 0.242 e. The first-order valence-corrected chi connectivity index (χ1v) is 7.09. The van der Waals surface area contributed by atoms with Crippen LogP contribution in [0.1, 0.15) is 20.7 Å². The maximum absolute atomic E-state index is 11.6. The molecule has 102 valence electrons. The van der Waals surface area contributed by atoms with Crippen LogP contribution in [0.5, 0.6) is 0 Å². The summed E-state index contributed by atoms with van der Waals surface area (Å²) in [6, 6.07) is 13.0. The van der Waals surface area contributed by atoms with E-state index in [9.17, 15) is 9.59 Å². The molecular formula is C14H8Br2O4. The molecule has 0 unspecified atom stereocenters. The van der Waals surface area contributed by atoms with Gasteiger partial charge in [-0.15, -0.1) is 0 Å². The largest absolute Gasteiger partial charge is 0.386 e. The van der Waals surface area contributed by atoms with Crippen LogP contribution in [0.3, 0.4) is 0 Å². The van der Waals surface area contributed by atoms with Crippen LogP contribution in [0.2, 0.25) is 0 Å². The van der Waals surface area contributed by atoms with E-state index in [0.29, 0.717) is 0 Å². The predicted molar refractivity (Wildman–Crippen MR) is 79.1 cm³/mol. The zero-order valence-electron chi connectivity index (χ0n) is 10.0. The first-order valence-electron chi connectivity index (χ1n) is 5.50. The Hall–Kier alpha value is -1.66. The molecule has 4 nitrogen and oxygen atoms in total. The molecule has 6 heteroatoms. The van der Waals surface area contributed by atoms with Gasteiger partial charge in [0.05, 0.1) is 11.1 Å². The van der Waals surface area contributed by atoms with Crippen LogP contribution < -0.4 is 0 Å². The highest BCUT2D eigenvalue weighted by atomic mass is 79.9. The summed E-state index contributed by atoms with van der Waals surface area (Å²) in [7, 11) is 0. The van der Waals surface area contributed by atoms with Crippen LogP contribution in [0.4, 0.5) is 0 Å². The number of benzene rings is 2. The molecule has 0 amide bonds. The van der Waals surface area contributed by atoms with Crippen LogP contribution in [0, 0.1) is 0 Å². The maximum Gasteiger partial charge on any atom is 0.386 e. The van der Waals surface area contributed by atoms with Crippen LogP contribution in [-0.2, 0) is 9.78 Å². The van der Waals surface area contributed by atoms with Crippen molar-refractivity contribution in [1.82, 2.24) is 0 Å². The number of carbonyl (C=O) groups excluding carboxylic acids is 2. The third-order valence-corrected chi connectivity index (χ3v) is 3.41. The summed E-state index contributed by atoms with van der Waals surface area (Å²) in [6.07, 6.45) is 0. The maximum atomic E-state index is 11.6. The third kappa shape index (κ3) is 3.91. The van der Waals surface area contributed by atoms with Gasteiger partial charge < -0.3 is 0 Å². The Balaban J connectivity index is 1.94. The lowest BCUT2D eigenvalue weighted by molar-refractivity contribution is -0.187. The SMILES string of the molecule is O=C(OOC(=O)c1ccc(Br)cc1)c1ccc(Br)cc1. The first-order chi connectivity index (χ1) is 9.56. The lowest BCUT2D eigenvalue weighted by atomic mass is 10.2. The van der Waals surface area contributed by atoms with Crippen molar-refractivity contribution in [2.75, 3.05) is 0 Å². The minimum atomic E-state index is -0.733. The zero-order chi connectivity index (χ0) is 14.5. The Morgan fingerprint density at radius 3 is 1.25 bits per heavy atom. The van der Waals surface area contributed by atoms with E-state index in [1.165, 1.54) is 0 Å². The fourth-order valence-electron chi connectivity index (χ4n) is 1.34. The van der Waals surface area contributed by atoms with Crippen molar-refractivity contribution in [3.8, 4) is 0 Å².